The van der Waals surface area contributed by atoms with E-state index in [9.17, 15) is 26.4 Å². The van der Waals surface area contributed by atoms with Crippen molar-refractivity contribution in [2.24, 2.45) is 0 Å². The number of amides is 1. The van der Waals surface area contributed by atoms with Crippen LogP contribution in [0.5, 0.6) is 0 Å². The molecule has 2 aromatic rings. The van der Waals surface area contributed by atoms with Crippen molar-refractivity contribution in [3.05, 3.63) is 46.8 Å². The number of hydrogen-bond donors (Lipinski definition) is 2. The van der Waals surface area contributed by atoms with Crippen molar-refractivity contribution in [3.8, 4) is 0 Å². The molecule has 1 aromatic heterocycles. The minimum Gasteiger partial charge on any atom is -0.360 e. The predicted octanol–water partition coefficient (Wildman–Crippen LogP) is 2.85. The quantitative estimate of drug-likeness (QED) is 0.750. The van der Waals surface area contributed by atoms with Gasteiger partial charge in [-0.1, -0.05) is 17.3 Å². The van der Waals surface area contributed by atoms with Crippen LogP contribution in [0.3, 0.4) is 0 Å². The van der Waals surface area contributed by atoms with Crippen LogP contribution in [-0.4, -0.2) is 25.5 Å². The average Bonchev–Trinajstić information content (AvgIpc) is 2.93. The third kappa shape index (κ3) is 4.90. The van der Waals surface area contributed by atoms with Gasteiger partial charge in [0, 0.05) is 0 Å². The normalized spacial score (nSPS) is 14.5. The molecule has 0 aliphatic heterocycles. The lowest BCUT2D eigenvalue weighted by Gasteiger charge is -2.19. The maximum absolute atomic E-state index is 12.8. The van der Waals surface area contributed by atoms with E-state index >= 15 is 0 Å². The summed E-state index contributed by atoms with van der Waals surface area (Å²) in [7, 11) is -4.06. The summed E-state index contributed by atoms with van der Waals surface area (Å²) in [6, 6.07) is 2.61. The maximum atomic E-state index is 12.8. The summed E-state index contributed by atoms with van der Waals surface area (Å²) in [4.78, 5) is 12.2. The van der Waals surface area contributed by atoms with E-state index in [1.807, 2.05) is 0 Å². The molecule has 154 valence electrons. The SMILES string of the molecule is Cc1noc(C)c1S(=O)(=O)N[C@@H](C)C(=O)N[C@H](C)c1cccc(C(F)(F)F)c1. The second-order valence-corrected chi connectivity index (χ2v) is 8.00. The first-order valence-electron chi connectivity index (χ1n) is 8.25. The Morgan fingerprint density at radius 3 is 2.39 bits per heavy atom. The number of sulfonamides is 1. The summed E-state index contributed by atoms with van der Waals surface area (Å²) in [5.74, 6) is -0.616. The fourth-order valence-corrected chi connectivity index (χ4v) is 4.14. The molecule has 0 radical (unpaired) electrons. The van der Waals surface area contributed by atoms with Crippen LogP contribution in [0, 0.1) is 13.8 Å². The Hall–Kier alpha value is -2.40. The van der Waals surface area contributed by atoms with Crippen molar-refractivity contribution in [3.63, 3.8) is 0 Å². The smallest absolute Gasteiger partial charge is 0.360 e. The number of carbonyl (C=O) groups excluding carboxylic acids is 1. The van der Waals surface area contributed by atoms with Crippen molar-refractivity contribution in [1.29, 1.82) is 0 Å². The Bertz CT molecular complexity index is 951. The fourth-order valence-electron chi connectivity index (χ4n) is 2.61. The van der Waals surface area contributed by atoms with Crippen LogP contribution < -0.4 is 10.0 Å². The lowest BCUT2D eigenvalue weighted by atomic mass is 10.0. The van der Waals surface area contributed by atoms with E-state index < -0.39 is 39.8 Å². The molecule has 2 atom stereocenters. The highest BCUT2D eigenvalue weighted by Gasteiger charge is 2.31. The van der Waals surface area contributed by atoms with Gasteiger partial charge < -0.3 is 9.84 Å². The summed E-state index contributed by atoms with van der Waals surface area (Å²) in [6.07, 6.45) is -4.50. The molecule has 7 nitrogen and oxygen atoms in total. The van der Waals surface area contributed by atoms with Crippen LogP contribution in [0.25, 0.3) is 0 Å². The van der Waals surface area contributed by atoms with Crippen LogP contribution in [-0.2, 0) is 21.0 Å². The third-order valence-corrected chi connectivity index (χ3v) is 5.82. The number of rotatable bonds is 6. The molecule has 0 unspecified atom stereocenters. The molecule has 28 heavy (non-hydrogen) atoms. The molecule has 0 saturated carbocycles. The van der Waals surface area contributed by atoms with Gasteiger partial charge in [0.25, 0.3) is 0 Å². The van der Waals surface area contributed by atoms with E-state index in [2.05, 4.69) is 15.2 Å². The molecule has 0 aliphatic rings. The van der Waals surface area contributed by atoms with Crippen molar-refractivity contribution in [2.45, 2.75) is 50.9 Å². The van der Waals surface area contributed by atoms with Crippen LogP contribution in [0.15, 0.2) is 33.7 Å². The van der Waals surface area contributed by atoms with Gasteiger partial charge in [0.05, 0.1) is 17.6 Å². The van der Waals surface area contributed by atoms with Gasteiger partial charge in [0.15, 0.2) is 5.76 Å². The van der Waals surface area contributed by atoms with E-state index in [1.54, 1.807) is 0 Å². The van der Waals surface area contributed by atoms with Gasteiger partial charge in [-0.05, 0) is 45.4 Å². The van der Waals surface area contributed by atoms with Gasteiger partial charge in [-0.25, -0.2) is 8.42 Å². The lowest BCUT2D eigenvalue weighted by Crippen LogP contribution is -2.45. The van der Waals surface area contributed by atoms with Gasteiger partial charge in [0.2, 0.25) is 15.9 Å². The molecule has 11 heteroatoms. The lowest BCUT2D eigenvalue weighted by molar-refractivity contribution is -0.137. The Labute approximate surface area is 160 Å². The first-order valence-corrected chi connectivity index (χ1v) is 9.74. The van der Waals surface area contributed by atoms with Gasteiger partial charge in [0.1, 0.15) is 10.6 Å². The molecule has 0 aliphatic carbocycles. The van der Waals surface area contributed by atoms with E-state index in [-0.39, 0.29) is 21.9 Å². The summed E-state index contributed by atoms with van der Waals surface area (Å²) in [5.41, 5.74) is -0.447. The van der Waals surface area contributed by atoms with Crippen LogP contribution in [0.4, 0.5) is 13.2 Å². The van der Waals surface area contributed by atoms with E-state index in [0.29, 0.717) is 0 Å². The van der Waals surface area contributed by atoms with Gasteiger partial charge in [-0.15, -0.1) is 0 Å². The summed E-state index contributed by atoms with van der Waals surface area (Å²) in [5, 5.41) is 6.06. The molecular formula is C17H20F3N3O4S. The molecule has 1 amide bonds. The number of alkyl halides is 3. The van der Waals surface area contributed by atoms with Crippen LogP contribution >= 0.6 is 0 Å². The van der Waals surface area contributed by atoms with Gasteiger partial charge >= 0.3 is 6.18 Å². The topological polar surface area (TPSA) is 101 Å². The number of nitrogens with zero attached hydrogens (tertiary/aromatic N) is 1. The summed E-state index contributed by atoms with van der Waals surface area (Å²) < 4.78 is 70.4. The number of halogens is 3. The first-order chi connectivity index (χ1) is 12.8. The molecular weight excluding hydrogens is 399 g/mol. The highest BCUT2D eigenvalue weighted by atomic mass is 32.2. The minimum absolute atomic E-state index is 0.0786. The van der Waals surface area contributed by atoms with Gasteiger partial charge in [-0.3, -0.25) is 4.79 Å². The second-order valence-electron chi connectivity index (χ2n) is 6.35. The Morgan fingerprint density at radius 1 is 1.21 bits per heavy atom. The predicted molar refractivity (Wildman–Crippen MR) is 93.8 cm³/mol. The number of benzene rings is 1. The molecule has 0 bridgehead atoms. The molecule has 0 spiro atoms. The van der Waals surface area contributed by atoms with Crippen molar-refractivity contribution in [1.82, 2.24) is 15.2 Å². The largest absolute Gasteiger partial charge is 0.416 e. The molecule has 0 saturated heterocycles. The van der Waals surface area contributed by atoms with Gasteiger partial charge in [-0.2, -0.15) is 17.9 Å². The van der Waals surface area contributed by atoms with Crippen LogP contribution in [0.2, 0.25) is 0 Å². The highest BCUT2D eigenvalue weighted by Crippen LogP contribution is 2.30. The standard InChI is InChI=1S/C17H20F3N3O4S/c1-9(13-6-5-7-14(8-13)17(18,19)20)21-16(24)11(3)23-28(25,26)15-10(2)22-27-12(15)4/h5-9,11,23H,1-4H3,(H,21,24)/t9-,11+/m1/s1. The number of nitrogens with one attached hydrogen (secondary N) is 2. The average molecular weight is 419 g/mol. The molecule has 1 heterocycles. The minimum atomic E-state index is -4.50. The Kier molecular flexibility index (Phi) is 6.19. The zero-order valence-electron chi connectivity index (χ0n) is 15.6. The zero-order valence-corrected chi connectivity index (χ0v) is 16.4. The van der Waals surface area contributed by atoms with E-state index in [1.165, 1.54) is 39.8 Å². The number of carbonyl (C=O) groups is 1. The van der Waals surface area contributed by atoms with Crippen molar-refractivity contribution in [2.75, 3.05) is 0 Å². The molecule has 1 aromatic carbocycles. The van der Waals surface area contributed by atoms with E-state index in [4.69, 9.17) is 4.52 Å². The number of aryl methyl sites for hydroxylation is 2. The summed E-state index contributed by atoms with van der Waals surface area (Å²) >= 11 is 0. The Morgan fingerprint density at radius 2 is 1.86 bits per heavy atom. The zero-order chi connectivity index (χ0) is 21.3. The maximum Gasteiger partial charge on any atom is 0.416 e. The fraction of sp³-hybridized carbons (Fsp3) is 0.412. The third-order valence-electron chi connectivity index (χ3n) is 4.03. The molecule has 2 N–H and O–H groups in total. The summed E-state index contributed by atoms with van der Waals surface area (Å²) in [6.45, 7) is 5.70. The monoisotopic (exact) mass is 419 g/mol. The second kappa shape index (κ2) is 7.92. The number of hydrogen-bond acceptors (Lipinski definition) is 5. The Balaban J connectivity index is 2.10. The molecule has 2 rings (SSSR count). The van der Waals surface area contributed by atoms with Crippen LogP contribution in [0.1, 0.15) is 42.5 Å². The number of aromatic nitrogens is 1. The molecule has 0 fully saturated rings. The van der Waals surface area contributed by atoms with Crippen molar-refractivity contribution >= 4 is 15.9 Å². The first kappa shape index (κ1) is 21.9. The van der Waals surface area contributed by atoms with E-state index in [0.717, 1.165) is 12.1 Å². The van der Waals surface area contributed by atoms with Crippen molar-refractivity contribution < 1.29 is 30.9 Å². The highest BCUT2D eigenvalue weighted by molar-refractivity contribution is 7.89.